The third kappa shape index (κ3) is 5.60. The van der Waals surface area contributed by atoms with Crippen LogP contribution in [0.2, 0.25) is 0 Å². The van der Waals surface area contributed by atoms with E-state index in [1.165, 1.54) is 24.1 Å². The molecule has 0 fully saturated rings. The van der Waals surface area contributed by atoms with E-state index in [0.29, 0.717) is 5.56 Å². The number of carboxylic acid groups (broad SMARTS) is 1. The van der Waals surface area contributed by atoms with E-state index in [2.05, 4.69) is 15.9 Å². The number of hydrogen-bond acceptors (Lipinski definition) is 5. The molecule has 0 spiro atoms. The normalized spacial score (nSPS) is 13.1. The second-order valence-corrected chi connectivity index (χ2v) is 10.8. The first-order chi connectivity index (χ1) is 14.3. The van der Waals surface area contributed by atoms with Gasteiger partial charge in [0.15, 0.2) is 4.90 Å². The van der Waals surface area contributed by atoms with Crippen molar-refractivity contribution in [3.63, 3.8) is 0 Å². The summed E-state index contributed by atoms with van der Waals surface area (Å²) in [5, 5.41) is 21.2. The lowest BCUT2D eigenvalue weighted by Crippen LogP contribution is -2.50. The number of nitrogens with zero attached hydrogens (tertiary/aromatic N) is 3. The van der Waals surface area contributed by atoms with Gasteiger partial charge in [0.2, 0.25) is 10.0 Å². The molecule has 11 heteroatoms. The molecule has 1 atom stereocenters. The van der Waals surface area contributed by atoms with Crippen LogP contribution in [-0.4, -0.2) is 52.9 Å². The van der Waals surface area contributed by atoms with E-state index in [4.69, 9.17) is 0 Å². The summed E-state index contributed by atoms with van der Waals surface area (Å²) in [6.45, 7) is 4.90. The van der Waals surface area contributed by atoms with Crippen LogP contribution < -0.4 is 0 Å². The van der Waals surface area contributed by atoms with Crippen molar-refractivity contribution in [2.24, 2.45) is 0 Å². The predicted molar refractivity (Wildman–Crippen MR) is 119 cm³/mol. The molecular weight excluding hydrogens is 490 g/mol. The molecule has 1 amide bonds. The first-order valence-electron chi connectivity index (χ1n) is 9.24. The van der Waals surface area contributed by atoms with E-state index in [9.17, 15) is 28.4 Å². The molecule has 0 bridgehead atoms. The van der Waals surface area contributed by atoms with Crippen LogP contribution in [0, 0.1) is 10.1 Å². The second-order valence-electron chi connectivity index (χ2n) is 7.90. The zero-order valence-corrected chi connectivity index (χ0v) is 19.9. The van der Waals surface area contributed by atoms with Gasteiger partial charge in [-0.25, -0.2) is 13.2 Å². The molecule has 2 aromatic carbocycles. The fourth-order valence-electron chi connectivity index (χ4n) is 3.24. The minimum atomic E-state index is -4.27. The topological polar surface area (TPSA) is 121 Å². The maximum atomic E-state index is 13.2. The van der Waals surface area contributed by atoms with Crippen molar-refractivity contribution in [1.82, 2.24) is 9.21 Å². The molecule has 0 aromatic heterocycles. The van der Waals surface area contributed by atoms with Crippen LogP contribution in [0.3, 0.4) is 0 Å². The molecule has 0 saturated carbocycles. The number of para-hydroxylation sites is 1. The number of sulfonamides is 1. The monoisotopic (exact) mass is 513 g/mol. The van der Waals surface area contributed by atoms with E-state index in [-0.39, 0.29) is 6.54 Å². The maximum Gasteiger partial charge on any atom is 0.408 e. The van der Waals surface area contributed by atoms with Gasteiger partial charge < -0.3 is 5.11 Å². The van der Waals surface area contributed by atoms with E-state index in [0.717, 1.165) is 20.9 Å². The van der Waals surface area contributed by atoms with Gasteiger partial charge in [0.1, 0.15) is 0 Å². The quantitative estimate of drug-likeness (QED) is 0.429. The van der Waals surface area contributed by atoms with Crippen molar-refractivity contribution in [3.05, 3.63) is 68.7 Å². The van der Waals surface area contributed by atoms with Gasteiger partial charge in [0, 0.05) is 29.7 Å². The molecule has 2 rings (SSSR count). The number of likely N-dealkylation sites (N-methyl/N-ethyl adjacent to an activating group) is 1. The molecule has 0 aliphatic carbocycles. The average molecular weight is 514 g/mol. The SMILES string of the molecule is CN(CC(c1ccc(Br)cc1)N(C(=O)O)C(C)(C)C)S(=O)(=O)c1ccccc1[N+](=O)[O-]. The molecule has 0 aliphatic rings. The molecule has 0 radical (unpaired) electrons. The second kappa shape index (κ2) is 9.33. The summed E-state index contributed by atoms with van der Waals surface area (Å²) < 4.78 is 28.1. The smallest absolute Gasteiger partial charge is 0.408 e. The van der Waals surface area contributed by atoms with Crippen LogP contribution >= 0.6 is 15.9 Å². The first-order valence-corrected chi connectivity index (χ1v) is 11.5. The first kappa shape index (κ1) is 24.8. The summed E-state index contributed by atoms with van der Waals surface area (Å²) in [6.07, 6.45) is -1.21. The van der Waals surface area contributed by atoms with Crippen molar-refractivity contribution in [2.75, 3.05) is 13.6 Å². The zero-order valence-electron chi connectivity index (χ0n) is 17.5. The number of amides is 1. The third-order valence-electron chi connectivity index (χ3n) is 4.68. The number of halogens is 1. The van der Waals surface area contributed by atoms with Gasteiger partial charge >= 0.3 is 6.09 Å². The standard InChI is InChI=1S/C20H24BrN3O6S/c1-20(2,3)23(19(25)26)17(14-9-11-15(21)12-10-14)13-22(4)31(29,30)18-8-6-5-7-16(18)24(27)28/h5-12,17H,13H2,1-4H3,(H,25,26). The Hall–Kier alpha value is -2.50. The summed E-state index contributed by atoms with van der Waals surface area (Å²) in [6, 6.07) is 11.1. The Morgan fingerprint density at radius 2 is 1.71 bits per heavy atom. The fraction of sp³-hybridized carbons (Fsp3) is 0.350. The van der Waals surface area contributed by atoms with Gasteiger partial charge in [-0.1, -0.05) is 40.2 Å². The van der Waals surface area contributed by atoms with Gasteiger partial charge in [-0.3, -0.25) is 15.0 Å². The van der Waals surface area contributed by atoms with Crippen LogP contribution in [0.1, 0.15) is 32.4 Å². The highest BCUT2D eigenvalue weighted by atomic mass is 79.9. The molecule has 0 aliphatic heterocycles. The molecule has 1 N–H and O–H groups in total. The van der Waals surface area contributed by atoms with Crippen LogP contribution in [0.25, 0.3) is 0 Å². The summed E-state index contributed by atoms with van der Waals surface area (Å²) in [7, 11) is -2.99. The highest BCUT2D eigenvalue weighted by molar-refractivity contribution is 9.10. The molecule has 0 saturated heterocycles. The van der Waals surface area contributed by atoms with Gasteiger partial charge in [-0.15, -0.1) is 0 Å². The van der Waals surface area contributed by atoms with Crippen LogP contribution in [0.15, 0.2) is 57.9 Å². The molecule has 9 nitrogen and oxygen atoms in total. The maximum absolute atomic E-state index is 13.2. The van der Waals surface area contributed by atoms with E-state index >= 15 is 0 Å². The van der Waals surface area contributed by atoms with Crippen molar-refractivity contribution in [2.45, 2.75) is 37.2 Å². The molecule has 31 heavy (non-hydrogen) atoms. The van der Waals surface area contributed by atoms with Crippen LogP contribution in [0.4, 0.5) is 10.5 Å². The van der Waals surface area contributed by atoms with Crippen molar-refractivity contribution >= 4 is 37.7 Å². The van der Waals surface area contributed by atoms with Crippen LogP contribution in [0.5, 0.6) is 0 Å². The molecular formula is C20H24BrN3O6S. The predicted octanol–water partition coefficient (Wildman–Crippen LogP) is 4.50. The number of rotatable bonds is 7. The molecule has 1 unspecified atom stereocenters. The largest absolute Gasteiger partial charge is 0.465 e. The van der Waals surface area contributed by atoms with Crippen LogP contribution in [-0.2, 0) is 10.0 Å². The van der Waals surface area contributed by atoms with E-state index in [1.54, 1.807) is 45.0 Å². The Kier molecular flexibility index (Phi) is 7.45. The minimum absolute atomic E-state index is 0.237. The number of carbonyl (C=O) groups is 1. The lowest BCUT2D eigenvalue weighted by molar-refractivity contribution is -0.387. The lowest BCUT2D eigenvalue weighted by Gasteiger charge is -2.41. The van der Waals surface area contributed by atoms with Crippen molar-refractivity contribution in [1.29, 1.82) is 0 Å². The molecule has 0 heterocycles. The molecule has 168 valence electrons. The summed E-state index contributed by atoms with van der Waals surface area (Å²) in [5.74, 6) is 0. The van der Waals surface area contributed by atoms with Crippen molar-refractivity contribution < 1.29 is 23.2 Å². The Balaban J connectivity index is 2.55. The van der Waals surface area contributed by atoms with Gasteiger partial charge in [0.25, 0.3) is 5.69 Å². The van der Waals surface area contributed by atoms with Crippen molar-refractivity contribution in [3.8, 4) is 0 Å². The zero-order chi connectivity index (χ0) is 23.6. The highest BCUT2D eigenvalue weighted by Crippen LogP contribution is 2.32. The van der Waals surface area contributed by atoms with E-state index in [1.807, 2.05) is 0 Å². The van der Waals surface area contributed by atoms with Gasteiger partial charge in [-0.2, -0.15) is 4.31 Å². The average Bonchev–Trinajstić information content (AvgIpc) is 2.66. The fourth-order valence-corrected chi connectivity index (χ4v) is 4.84. The number of hydrogen-bond donors (Lipinski definition) is 1. The highest BCUT2D eigenvalue weighted by Gasteiger charge is 2.38. The lowest BCUT2D eigenvalue weighted by atomic mass is 9.98. The summed E-state index contributed by atoms with van der Waals surface area (Å²) in [5.41, 5.74) is -0.794. The number of nitro groups is 1. The van der Waals surface area contributed by atoms with E-state index < -0.39 is 43.2 Å². The Bertz CT molecular complexity index is 1070. The van der Waals surface area contributed by atoms with Gasteiger partial charge in [0.05, 0.1) is 11.0 Å². The number of benzene rings is 2. The Labute approximate surface area is 189 Å². The summed E-state index contributed by atoms with van der Waals surface area (Å²) >= 11 is 3.33. The third-order valence-corrected chi connectivity index (χ3v) is 7.07. The Morgan fingerprint density at radius 1 is 1.16 bits per heavy atom. The molecule has 2 aromatic rings. The van der Waals surface area contributed by atoms with Gasteiger partial charge in [-0.05, 0) is 44.5 Å². The summed E-state index contributed by atoms with van der Waals surface area (Å²) in [4.78, 5) is 23.4. The Morgan fingerprint density at radius 3 is 2.19 bits per heavy atom. The number of nitro benzene ring substituents is 1. The minimum Gasteiger partial charge on any atom is -0.465 e.